The molecule has 2 aliphatic carbocycles. The van der Waals surface area contributed by atoms with Gasteiger partial charge in [-0.05, 0) is 108 Å². The minimum atomic E-state index is -3.99. The van der Waals surface area contributed by atoms with Crippen molar-refractivity contribution >= 4 is 44.6 Å². The molecule has 6 rings (SSSR count). The average Bonchev–Trinajstić information content (AvgIpc) is 3.97. The summed E-state index contributed by atoms with van der Waals surface area (Å²) in [7, 11) is -2.42. The van der Waals surface area contributed by atoms with Gasteiger partial charge in [-0.1, -0.05) is 26.0 Å². The minimum absolute atomic E-state index is 0.0187. The van der Waals surface area contributed by atoms with Crippen LogP contribution in [0.4, 0.5) is 4.79 Å². The third kappa shape index (κ3) is 8.30. The first-order valence-corrected chi connectivity index (χ1v) is 20.3. The topological polar surface area (TPSA) is 182 Å². The van der Waals surface area contributed by atoms with Crippen LogP contribution in [0.25, 0.3) is 10.8 Å². The zero-order valence-corrected chi connectivity index (χ0v) is 33.0. The van der Waals surface area contributed by atoms with Crippen molar-refractivity contribution in [3.05, 3.63) is 42.6 Å². The maximum atomic E-state index is 14.7. The number of amides is 4. The molecule has 0 bridgehead atoms. The van der Waals surface area contributed by atoms with Crippen molar-refractivity contribution in [1.29, 1.82) is 0 Å². The van der Waals surface area contributed by atoms with Crippen LogP contribution >= 0.6 is 0 Å². The van der Waals surface area contributed by atoms with E-state index in [1.165, 1.54) is 4.90 Å². The van der Waals surface area contributed by atoms with Gasteiger partial charge in [0.2, 0.25) is 27.7 Å². The van der Waals surface area contributed by atoms with E-state index in [1.807, 2.05) is 37.3 Å². The Morgan fingerprint density at radius 1 is 1.09 bits per heavy atom. The summed E-state index contributed by atoms with van der Waals surface area (Å²) in [5, 5.41) is 7.24. The Balaban J connectivity index is 1.35. The number of alkyl carbamates (subject to hydrolysis) is 1. The summed E-state index contributed by atoms with van der Waals surface area (Å²) in [6.45, 7) is 10.7. The summed E-state index contributed by atoms with van der Waals surface area (Å²) >= 11 is 0. The lowest BCUT2D eigenvalue weighted by Gasteiger charge is -2.33. The van der Waals surface area contributed by atoms with Gasteiger partial charge in [-0.2, -0.15) is 0 Å². The molecule has 0 radical (unpaired) electrons. The SMILES string of the molecule is COc1ccc2c(O[C@@H]3C[C@H]4C(=O)N[C@]5(C(=O)NS(=O)(=O)C6(C)CC6)C[C@H]5/C=C\CC[C@@H](C)C[C@@H](C)[C@H](NC(=O)OC(C)(C)C)C(=O)N4C3)nccc2c1. The molecule has 4 amide bonds. The molecule has 2 aliphatic heterocycles. The highest BCUT2D eigenvalue weighted by atomic mass is 32.2. The fourth-order valence-electron chi connectivity index (χ4n) is 7.54. The number of carbonyl (C=O) groups excluding carboxylic acids is 4. The highest BCUT2D eigenvalue weighted by molar-refractivity contribution is 7.91. The molecular formula is C39H53N5O9S. The second-order valence-electron chi connectivity index (χ2n) is 16.8. The number of hydrogen-bond acceptors (Lipinski definition) is 10. The van der Waals surface area contributed by atoms with Crippen molar-refractivity contribution in [2.75, 3.05) is 13.7 Å². The van der Waals surface area contributed by atoms with E-state index >= 15 is 0 Å². The quantitative estimate of drug-likeness (QED) is 0.342. The van der Waals surface area contributed by atoms with Gasteiger partial charge in [-0.25, -0.2) is 18.2 Å². The minimum Gasteiger partial charge on any atom is -0.497 e. The van der Waals surface area contributed by atoms with E-state index in [-0.39, 0.29) is 31.2 Å². The summed E-state index contributed by atoms with van der Waals surface area (Å²) < 4.78 is 44.9. The van der Waals surface area contributed by atoms with Crippen molar-refractivity contribution < 1.29 is 41.8 Å². The molecule has 2 aromatic rings. The average molecular weight is 768 g/mol. The van der Waals surface area contributed by atoms with E-state index in [0.29, 0.717) is 42.7 Å². The van der Waals surface area contributed by atoms with Crippen LogP contribution in [0.5, 0.6) is 11.6 Å². The van der Waals surface area contributed by atoms with E-state index < -0.39 is 73.8 Å². The number of pyridine rings is 1. The van der Waals surface area contributed by atoms with Gasteiger partial charge >= 0.3 is 6.09 Å². The van der Waals surface area contributed by atoms with Crippen LogP contribution in [0.2, 0.25) is 0 Å². The number of carbonyl (C=O) groups is 4. The van der Waals surface area contributed by atoms with Gasteiger partial charge < -0.3 is 29.7 Å². The van der Waals surface area contributed by atoms with E-state index in [2.05, 4.69) is 27.3 Å². The second kappa shape index (κ2) is 14.7. The Hall–Kier alpha value is -4.40. The van der Waals surface area contributed by atoms with Gasteiger partial charge in [0.05, 0.1) is 18.4 Å². The van der Waals surface area contributed by atoms with Crippen LogP contribution in [0, 0.1) is 17.8 Å². The van der Waals surface area contributed by atoms with Gasteiger partial charge in [-0.15, -0.1) is 0 Å². The molecule has 1 saturated heterocycles. The number of nitrogens with zero attached hydrogens (tertiary/aromatic N) is 2. The van der Waals surface area contributed by atoms with Crippen molar-refractivity contribution in [3.63, 3.8) is 0 Å². The first-order valence-electron chi connectivity index (χ1n) is 18.8. The number of fused-ring (bicyclic) bond motifs is 3. The molecule has 15 heteroatoms. The number of ether oxygens (including phenoxy) is 3. The number of rotatable bonds is 7. The number of aromatic nitrogens is 1. The van der Waals surface area contributed by atoms with Crippen LogP contribution in [-0.4, -0.2) is 89.8 Å². The number of nitrogens with one attached hydrogen (secondary N) is 3. The molecule has 14 nitrogen and oxygen atoms in total. The Labute approximate surface area is 317 Å². The molecule has 3 fully saturated rings. The molecule has 1 aromatic heterocycles. The van der Waals surface area contributed by atoms with Gasteiger partial charge in [-0.3, -0.25) is 19.1 Å². The highest BCUT2D eigenvalue weighted by Crippen LogP contribution is 2.47. The van der Waals surface area contributed by atoms with Crippen molar-refractivity contribution in [3.8, 4) is 11.6 Å². The van der Waals surface area contributed by atoms with Crippen LogP contribution in [-0.2, 0) is 29.1 Å². The van der Waals surface area contributed by atoms with Crippen LogP contribution in [0.3, 0.4) is 0 Å². The standard InChI is InChI=1S/C39H53N5O9S/c1-23-10-8-9-11-26-21-39(26,35(47)43-54(49,50)38(6)15-16-38)42-32(45)30-20-28(52-33-29-13-12-27(51-7)19-25(29)14-17-40-33)22-44(30)34(46)31(24(2)18-23)41-36(48)53-37(3,4)5/h9,11-14,17,19,23-24,26,28,30-31H,8,10,15-16,18,20-22H2,1-7H3,(H,41,48)(H,42,45)(H,43,47)/b11-9-/t23-,24-,26-,28-,30+,31+,39-/m1/s1. The molecule has 294 valence electrons. The van der Waals surface area contributed by atoms with E-state index in [1.54, 1.807) is 47.1 Å². The Morgan fingerprint density at radius 3 is 2.52 bits per heavy atom. The molecule has 1 aromatic carbocycles. The first-order chi connectivity index (χ1) is 25.3. The molecule has 54 heavy (non-hydrogen) atoms. The lowest BCUT2D eigenvalue weighted by atomic mass is 9.88. The smallest absolute Gasteiger partial charge is 0.408 e. The summed E-state index contributed by atoms with van der Waals surface area (Å²) in [6, 6.07) is 5.12. The number of allylic oxidation sites excluding steroid dienone is 1. The molecule has 0 spiro atoms. The van der Waals surface area contributed by atoms with Gasteiger partial charge in [0.25, 0.3) is 5.91 Å². The summed E-state index contributed by atoms with van der Waals surface area (Å²) in [6.07, 6.45) is 7.14. The van der Waals surface area contributed by atoms with E-state index in [4.69, 9.17) is 14.2 Å². The van der Waals surface area contributed by atoms with Crippen molar-refractivity contribution in [2.45, 2.75) is 121 Å². The molecule has 4 aliphatic rings. The molecule has 2 saturated carbocycles. The monoisotopic (exact) mass is 767 g/mol. The summed E-state index contributed by atoms with van der Waals surface area (Å²) in [4.78, 5) is 62.1. The molecule has 3 heterocycles. The Bertz CT molecular complexity index is 1940. The molecule has 3 N–H and O–H groups in total. The Morgan fingerprint density at radius 2 is 1.83 bits per heavy atom. The fourth-order valence-corrected chi connectivity index (χ4v) is 8.85. The van der Waals surface area contributed by atoms with Crippen molar-refractivity contribution in [1.82, 2.24) is 25.2 Å². The Kier molecular flexibility index (Phi) is 10.7. The largest absolute Gasteiger partial charge is 0.497 e. The summed E-state index contributed by atoms with van der Waals surface area (Å²) in [5.41, 5.74) is -2.34. The van der Waals surface area contributed by atoms with E-state index in [9.17, 15) is 27.6 Å². The maximum absolute atomic E-state index is 14.7. The van der Waals surface area contributed by atoms with E-state index in [0.717, 1.165) is 11.8 Å². The van der Waals surface area contributed by atoms with Crippen LogP contribution < -0.4 is 24.8 Å². The van der Waals surface area contributed by atoms with Crippen LogP contribution in [0.15, 0.2) is 42.6 Å². The highest BCUT2D eigenvalue weighted by Gasteiger charge is 2.63. The van der Waals surface area contributed by atoms with Gasteiger partial charge in [0, 0.05) is 23.9 Å². The summed E-state index contributed by atoms with van der Waals surface area (Å²) in [5.74, 6) is -1.58. The number of benzene rings is 1. The zero-order chi connectivity index (χ0) is 39.2. The maximum Gasteiger partial charge on any atom is 0.408 e. The second-order valence-corrected chi connectivity index (χ2v) is 19.0. The van der Waals surface area contributed by atoms with Gasteiger partial charge in [0.1, 0.15) is 35.1 Å². The predicted octanol–water partition coefficient (Wildman–Crippen LogP) is 4.37. The zero-order valence-electron chi connectivity index (χ0n) is 32.1. The molecular weight excluding hydrogens is 715 g/mol. The molecule has 7 atom stereocenters. The first kappa shape index (κ1) is 39.3. The number of sulfonamides is 1. The fraction of sp³-hybridized carbons (Fsp3) is 0.615. The normalized spacial score (nSPS) is 30.4. The van der Waals surface area contributed by atoms with Crippen molar-refractivity contribution in [2.24, 2.45) is 17.8 Å². The van der Waals surface area contributed by atoms with Crippen LogP contribution in [0.1, 0.15) is 86.5 Å². The molecule has 0 unspecified atom stereocenters. The third-order valence-electron chi connectivity index (χ3n) is 11.1. The number of hydrogen-bond donors (Lipinski definition) is 3. The van der Waals surface area contributed by atoms with Gasteiger partial charge in [0.15, 0.2) is 0 Å². The predicted molar refractivity (Wildman–Crippen MR) is 201 cm³/mol. The lowest BCUT2D eigenvalue weighted by molar-refractivity contribution is -0.142. The number of methoxy groups -OCH3 is 1. The third-order valence-corrected chi connectivity index (χ3v) is 13.3. The lowest BCUT2D eigenvalue weighted by Crippen LogP contribution is -2.59.